The van der Waals surface area contributed by atoms with Crippen LogP contribution >= 0.6 is 0 Å². The van der Waals surface area contributed by atoms with Crippen molar-refractivity contribution in [3.8, 4) is 0 Å². The topological polar surface area (TPSA) is 95.1 Å². The van der Waals surface area contributed by atoms with Gasteiger partial charge in [-0.2, -0.15) is 8.61 Å². The van der Waals surface area contributed by atoms with Gasteiger partial charge in [0.15, 0.2) is 0 Å². The number of hydrogen-bond acceptors (Lipinski definition) is 5. The van der Waals surface area contributed by atoms with Crippen LogP contribution in [0.4, 0.5) is 0 Å². The van der Waals surface area contributed by atoms with E-state index in [0.29, 0.717) is 38.2 Å². The van der Waals surface area contributed by atoms with Gasteiger partial charge in [0, 0.05) is 44.8 Å². The van der Waals surface area contributed by atoms with Gasteiger partial charge < -0.3 is 4.90 Å². The number of benzene rings is 2. The number of rotatable bonds is 5. The Hall–Kier alpha value is -2.27. The molecule has 4 rings (SSSR count). The van der Waals surface area contributed by atoms with Crippen molar-refractivity contribution in [2.45, 2.75) is 36.0 Å². The van der Waals surface area contributed by atoms with Gasteiger partial charge in [-0.3, -0.25) is 4.79 Å². The molecular weight excluding hydrogens is 462 g/mol. The average Bonchev–Trinajstić information content (AvgIpc) is 3.24. The zero-order valence-electron chi connectivity index (χ0n) is 18.7. The molecule has 8 nitrogen and oxygen atoms in total. The average molecular weight is 492 g/mol. The van der Waals surface area contributed by atoms with E-state index in [1.165, 1.54) is 32.9 Å². The van der Waals surface area contributed by atoms with Gasteiger partial charge in [-0.15, -0.1) is 0 Å². The van der Waals surface area contributed by atoms with Crippen LogP contribution in [0.15, 0.2) is 58.3 Å². The highest BCUT2D eigenvalue weighted by Crippen LogP contribution is 2.22. The van der Waals surface area contributed by atoms with E-state index in [-0.39, 0.29) is 28.8 Å². The standard InChI is InChI=1S/C23H29N3O5S2/c1-19-5-9-21(10-6-19)33(30,31)26-16-4-13-24(17-18-26)23(27)20-7-11-22(12-8-20)32(28,29)25-14-2-3-15-25/h5-12H,2-4,13-18H2,1H3. The fourth-order valence-corrected chi connectivity index (χ4v) is 7.21. The zero-order valence-corrected chi connectivity index (χ0v) is 20.3. The van der Waals surface area contributed by atoms with E-state index in [0.717, 1.165) is 18.4 Å². The monoisotopic (exact) mass is 491 g/mol. The summed E-state index contributed by atoms with van der Waals surface area (Å²) < 4.78 is 54.3. The summed E-state index contributed by atoms with van der Waals surface area (Å²) in [5, 5.41) is 0. The van der Waals surface area contributed by atoms with Crippen molar-refractivity contribution in [3.63, 3.8) is 0 Å². The van der Waals surface area contributed by atoms with Crippen molar-refractivity contribution in [1.82, 2.24) is 13.5 Å². The molecule has 0 aromatic heterocycles. The Bertz CT molecular complexity index is 1200. The lowest BCUT2D eigenvalue weighted by atomic mass is 10.2. The summed E-state index contributed by atoms with van der Waals surface area (Å²) in [6, 6.07) is 12.8. The van der Waals surface area contributed by atoms with E-state index in [1.807, 2.05) is 6.92 Å². The van der Waals surface area contributed by atoms with Crippen LogP contribution < -0.4 is 0 Å². The number of carbonyl (C=O) groups excluding carboxylic acids is 1. The van der Waals surface area contributed by atoms with Gasteiger partial charge in [0.1, 0.15) is 0 Å². The molecule has 0 unspecified atom stereocenters. The van der Waals surface area contributed by atoms with Crippen LogP contribution in [-0.4, -0.2) is 75.5 Å². The molecule has 0 radical (unpaired) electrons. The number of amides is 1. The van der Waals surface area contributed by atoms with E-state index in [1.54, 1.807) is 29.2 Å². The predicted molar refractivity (Wildman–Crippen MR) is 125 cm³/mol. The van der Waals surface area contributed by atoms with Crippen molar-refractivity contribution in [2.75, 3.05) is 39.3 Å². The molecule has 0 spiro atoms. The van der Waals surface area contributed by atoms with Crippen LogP contribution in [0.5, 0.6) is 0 Å². The molecule has 2 saturated heterocycles. The maximum absolute atomic E-state index is 13.0. The number of sulfonamides is 2. The first-order valence-corrected chi connectivity index (χ1v) is 14.0. The molecule has 0 saturated carbocycles. The predicted octanol–water partition coefficient (Wildman–Crippen LogP) is 2.32. The maximum atomic E-state index is 13.0. The molecule has 2 aliphatic rings. The largest absolute Gasteiger partial charge is 0.337 e. The van der Waals surface area contributed by atoms with E-state index in [4.69, 9.17) is 0 Å². The van der Waals surface area contributed by atoms with Crippen LogP contribution in [0.1, 0.15) is 35.2 Å². The minimum Gasteiger partial charge on any atom is -0.337 e. The van der Waals surface area contributed by atoms with E-state index in [2.05, 4.69) is 0 Å². The lowest BCUT2D eigenvalue weighted by Crippen LogP contribution is -2.37. The summed E-state index contributed by atoms with van der Waals surface area (Å²) in [6.45, 7) is 4.22. The lowest BCUT2D eigenvalue weighted by molar-refractivity contribution is 0.0764. The minimum absolute atomic E-state index is 0.187. The molecule has 0 bridgehead atoms. The Morgan fingerprint density at radius 2 is 1.12 bits per heavy atom. The molecule has 178 valence electrons. The number of carbonyl (C=O) groups is 1. The van der Waals surface area contributed by atoms with E-state index in [9.17, 15) is 21.6 Å². The quantitative estimate of drug-likeness (QED) is 0.640. The van der Waals surface area contributed by atoms with Crippen LogP contribution in [0, 0.1) is 6.92 Å². The minimum atomic E-state index is -3.62. The Kier molecular flexibility index (Phi) is 6.90. The molecule has 2 aromatic carbocycles. The molecule has 2 aromatic rings. The Labute approximate surface area is 195 Å². The third kappa shape index (κ3) is 4.98. The summed E-state index contributed by atoms with van der Waals surface area (Å²) in [4.78, 5) is 15.1. The van der Waals surface area contributed by atoms with Crippen molar-refractivity contribution < 1.29 is 21.6 Å². The van der Waals surface area contributed by atoms with Crippen LogP contribution in [0.2, 0.25) is 0 Å². The second-order valence-corrected chi connectivity index (χ2v) is 12.4. The van der Waals surface area contributed by atoms with Crippen molar-refractivity contribution in [3.05, 3.63) is 59.7 Å². The number of hydrogen-bond donors (Lipinski definition) is 0. The van der Waals surface area contributed by atoms with Gasteiger partial charge in [0.05, 0.1) is 9.79 Å². The molecule has 0 N–H and O–H groups in total. The van der Waals surface area contributed by atoms with E-state index < -0.39 is 20.0 Å². The fraction of sp³-hybridized carbons (Fsp3) is 0.435. The van der Waals surface area contributed by atoms with Crippen LogP contribution in [-0.2, 0) is 20.0 Å². The summed E-state index contributed by atoms with van der Waals surface area (Å²) in [6.07, 6.45) is 2.25. The molecule has 0 aliphatic carbocycles. The van der Waals surface area contributed by atoms with Gasteiger partial charge in [-0.25, -0.2) is 16.8 Å². The van der Waals surface area contributed by atoms with Gasteiger partial charge >= 0.3 is 0 Å². The molecule has 33 heavy (non-hydrogen) atoms. The van der Waals surface area contributed by atoms with Crippen LogP contribution in [0.25, 0.3) is 0 Å². The molecule has 2 heterocycles. The third-order valence-corrected chi connectivity index (χ3v) is 10.0. The Morgan fingerprint density at radius 1 is 0.636 bits per heavy atom. The molecule has 10 heteroatoms. The zero-order chi connectivity index (χ0) is 23.6. The first kappa shape index (κ1) is 23.9. The highest BCUT2D eigenvalue weighted by Gasteiger charge is 2.30. The van der Waals surface area contributed by atoms with Gasteiger partial charge in [-0.1, -0.05) is 17.7 Å². The first-order valence-electron chi connectivity index (χ1n) is 11.2. The first-order chi connectivity index (χ1) is 15.7. The summed E-state index contributed by atoms with van der Waals surface area (Å²) in [5.41, 5.74) is 1.38. The fourth-order valence-electron chi connectivity index (χ4n) is 4.23. The molecule has 0 atom stereocenters. The number of aryl methyl sites for hydroxylation is 1. The smallest absolute Gasteiger partial charge is 0.253 e. The second kappa shape index (κ2) is 9.54. The maximum Gasteiger partial charge on any atom is 0.253 e. The highest BCUT2D eigenvalue weighted by molar-refractivity contribution is 7.89. The van der Waals surface area contributed by atoms with Crippen molar-refractivity contribution in [1.29, 1.82) is 0 Å². The molecule has 1 amide bonds. The summed E-state index contributed by atoms with van der Waals surface area (Å²) >= 11 is 0. The van der Waals surface area contributed by atoms with Crippen molar-refractivity contribution >= 4 is 26.0 Å². The molecule has 2 aliphatic heterocycles. The van der Waals surface area contributed by atoms with Crippen molar-refractivity contribution in [2.24, 2.45) is 0 Å². The Morgan fingerprint density at radius 3 is 1.70 bits per heavy atom. The van der Waals surface area contributed by atoms with E-state index >= 15 is 0 Å². The summed E-state index contributed by atoms with van der Waals surface area (Å²) in [7, 11) is -7.15. The summed E-state index contributed by atoms with van der Waals surface area (Å²) in [5.74, 6) is -0.227. The van der Waals surface area contributed by atoms with Gasteiger partial charge in [0.2, 0.25) is 20.0 Å². The highest BCUT2D eigenvalue weighted by atomic mass is 32.2. The van der Waals surface area contributed by atoms with Crippen LogP contribution in [0.3, 0.4) is 0 Å². The Balaban J connectivity index is 1.44. The number of nitrogens with zero attached hydrogens (tertiary/aromatic N) is 3. The second-order valence-electron chi connectivity index (χ2n) is 8.50. The van der Waals surface area contributed by atoms with Gasteiger partial charge in [-0.05, 0) is 62.6 Å². The normalized spacial score (nSPS) is 18.9. The third-order valence-electron chi connectivity index (χ3n) is 6.20. The lowest BCUT2D eigenvalue weighted by Gasteiger charge is -2.22. The molecular formula is C23H29N3O5S2. The van der Waals surface area contributed by atoms with Gasteiger partial charge in [0.25, 0.3) is 5.91 Å². The SMILES string of the molecule is Cc1ccc(S(=O)(=O)N2CCCN(C(=O)c3ccc(S(=O)(=O)N4CCCC4)cc3)CC2)cc1. The molecule has 2 fully saturated rings.